The molecule has 6 unspecified atom stereocenters. The molecule has 2 saturated heterocycles. The number of rotatable bonds is 13. The van der Waals surface area contributed by atoms with Crippen molar-refractivity contribution in [2.45, 2.75) is 43.8 Å². The van der Waals surface area contributed by atoms with Crippen molar-refractivity contribution in [1.82, 2.24) is 10.2 Å². The van der Waals surface area contributed by atoms with Crippen LogP contribution in [0.1, 0.15) is 18.4 Å². The van der Waals surface area contributed by atoms with Crippen LogP contribution in [-0.4, -0.2) is 90.9 Å². The van der Waals surface area contributed by atoms with Crippen LogP contribution < -0.4 is 5.32 Å². The van der Waals surface area contributed by atoms with Crippen molar-refractivity contribution in [1.29, 1.82) is 0 Å². The molecule has 18 nitrogen and oxygen atoms in total. The van der Waals surface area contributed by atoms with E-state index in [9.17, 15) is 38.5 Å². The molecule has 0 saturated carbocycles. The van der Waals surface area contributed by atoms with Crippen LogP contribution in [0.5, 0.6) is 0 Å². The Labute approximate surface area is 221 Å². The van der Waals surface area contributed by atoms with E-state index in [1.807, 2.05) is 30.3 Å². The molecule has 2 aliphatic rings. The summed E-state index contributed by atoms with van der Waals surface area (Å²) in [5.41, 5.74) is 1.15. The molecule has 2 heterocycles. The zero-order valence-corrected chi connectivity index (χ0v) is 22.7. The van der Waals surface area contributed by atoms with E-state index in [1.54, 1.807) is 0 Å². The number of oxime groups is 1. The molecule has 21 heteroatoms. The number of amidine groups is 1. The first kappa shape index (κ1) is 31.8. The van der Waals surface area contributed by atoms with Gasteiger partial charge in [0.2, 0.25) is 0 Å². The number of aliphatic hydroxyl groups is 2. The molecule has 7 N–H and O–H groups in total. The van der Waals surface area contributed by atoms with E-state index in [0.29, 0.717) is 13.0 Å². The number of phosphoric ester groups is 1. The largest absolute Gasteiger partial charge is 0.490 e. The third kappa shape index (κ3) is 9.99. The van der Waals surface area contributed by atoms with E-state index in [2.05, 4.69) is 23.6 Å². The van der Waals surface area contributed by atoms with Crippen LogP contribution in [0.2, 0.25) is 0 Å². The first-order valence-corrected chi connectivity index (χ1v) is 15.8. The number of aliphatic hydroxyl groups excluding tert-OH is 2. The monoisotopic (exact) mass is 619 g/mol. The first-order valence-electron chi connectivity index (χ1n) is 11.3. The first-order chi connectivity index (χ1) is 18.2. The van der Waals surface area contributed by atoms with Gasteiger partial charge in [-0.15, -0.1) is 0 Å². The second-order valence-electron chi connectivity index (χ2n) is 8.27. The number of hydrogen-bond acceptors (Lipinski definition) is 12. The van der Waals surface area contributed by atoms with Gasteiger partial charge in [0, 0.05) is 13.0 Å². The van der Waals surface area contributed by atoms with Crippen LogP contribution in [0.15, 0.2) is 35.5 Å². The number of carbonyl (C=O) groups is 1. The lowest BCUT2D eigenvalue weighted by atomic mass is 10.1. The molecule has 0 bridgehead atoms. The fourth-order valence-electron chi connectivity index (χ4n) is 3.60. The molecule has 3 rings (SSSR count). The molecule has 0 spiro atoms. The number of nitrogens with one attached hydrogen (secondary N) is 1. The summed E-state index contributed by atoms with van der Waals surface area (Å²) < 4.78 is 50.9. The third-order valence-electron chi connectivity index (χ3n) is 5.28. The number of carbonyl (C=O) groups excluding carboxylic acids is 1. The standard InChI is InChI=1S/C18H28N3O15P3/c22-15-13(11-33-38(28,29)36-39(30,31)35-37(25,26)27)34-17(16(15)23)21-9-8-14(19-18(21)24)20-32-10-4-7-12-5-2-1-3-6-12/h1-3,5-6,13,15-17,22-23H,4,7-11H2,(H,28,29)(H,30,31)(H,19,20,24)(H2,25,26,27). The van der Waals surface area contributed by atoms with Crippen molar-refractivity contribution in [3.05, 3.63) is 35.9 Å². The van der Waals surface area contributed by atoms with Crippen LogP contribution >= 0.6 is 23.5 Å². The highest BCUT2D eigenvalue weighted by Gasteiger charge is 2.49. The van der Waals surface area contributed by atoms with E-state index in [4.69, 9.17) is 19.4 Å². The fraction of sp³-hybridized carbons (Fsp3) is 0.556. The second-order valence-corrected chi connectivity index (χ2v) is 12.7. The number of urea groups is 1. The molecular formula is C18H28N3O15P3. The minimum atomic E-state index is -5.74. The zero-order chi connectivity index (χ0) is 28.8. The highest BCUT2D eigenvalue weighted by Crippen LogP contribution is 2.66. The average Bonchev–Trinajstić information content (AvgIpc) is 3.09. The van der Waals surface area contributed by atoms with E-state index in [0.717, 1.165) is 16.9 Å². The van der Waals surface area contributed by atoms with Crippen LogP contribution in [0.25, 0.3) is 0 Å². The number of phosphoric acid groups is 3. The normalized spacial score (nSPS) is 28.1. The van der Waals surface area contributed by atoms with E-state index in [1.165, 1.54) is 0 Å². The van der Waals surface area contributed by atoms with Gasteiger partial charge in [-0.1, -0.05) is 35.5 Å². The summed E-state index contributed by atoms with van der Waals surface area (Å²) in [5, 5.41) is 26.9. The predicted octanol–water partition coefficient (Wildman–Crippen LogP) is 0.155. The van der Waals surface area contributed by atoms with Gasteiger partial charge in [0.25, 0.3) is 0 Å². The summed E-state index contributed by atoms with van der Waals surface area (Å²) in [6.07, 6.45) is -4.69. The number of amides is 2. The minimum absolute atomic E-state index is 0.00488. The molecule has 2 amide bonds. The Morgan fingerprint density at radius 2 is 1.72 bits per heavy atom. The summed E-state index contributed by atoms with van der Waals surface area (Å²) in [4.78, 5) is 54.6. The summed E-state index contributed by atoms with van der Waals surface area (Å²) in [6, 6.07) is 9.03. The SMILES string of the molecule is O=C1NC(=NOCCCc2ccccc2)CCN1C1OC(COP(=O)(O)OP(=O)(O)OP(=O)(O)O)C(O)C1O. The van der Waals surface area contributed by atoms with Crippen molar-refractivity contribution in [2.24, 2.45) is 5.16 Å². The van der Waals surface area contributed by atoms with Gasteiger partial charge in [0.15, 0.2) is 12.1 Å². The number of benzene rings is 1. The Morgan fingerprint density at radius 1 is 1.03 bits per heavy atom. The maximum atomic E-state index is 12.5. The molecule has 1 aromatic carbocycles. The van der Waals surface area contributed by atoms with Gasteiger partial charge in [-0.25, -0.2) is 18.5 Å². The molecule has 2 fully saturated rings. The maximum Gasteiger partial charge on any atom is 0.490 e. The fourth-order valence-corrected chi connectivity index (χ4v) is 6.63. The van der Waals surface area contributed by atoms with Gasteiger partial charge in [0.1, 0.15) is 24.9 Å². The van der Waals surface area contributed by atoms with Gasteiger partial charge < -0.3 is 39.4 Å². The Hall–Kier alpha value is -1.75. The van der Waals surface area contributed by atoms with Gasteiger partial charge in [-0.05, 0) is 18.4 Å². The topological polar surface area (TPSA) is 263 Å². The maximum absolute atomic E-state index is 12.5. The summed E-state index contributed by atoms with van der Waals surface area (Å²) in [6.45, 7) is -0.696. The number of hydrogen-bond donors (Lipinski definition) is 7. The smallest absolute Gasteiger partial charge is 0.394 e. The van der Waals surface area contributed by atoms with Gasteiger partial charge in [-0.2, -0.15) is 8.62 Å². The van der Waals surface area contributed by atoms with E-state index in [-0.39, 0.29) is 18.8 Å². The molecule has 39 heavy (non-hydrogen) atoms. The Balaban J connectivity index is 1.46. The summed E-state index contributed by atoms with van der Waals surface area (Å²) in [7, 11) is -16.8. The third-order valence-corrected chi connectivity index (χ3v) is 9.09. The van der Waals surface area contributed by atoms with Gasteiger partial charge in [0.05, 0.1) is 6.61 Å². The van der Waals surface area contributed by atoms with Crippen molar-refractivity contribution in [3.63, 3.8) is 0 Å². The minimum Gasteiger partial charge on any atom is -0.394 e. The lowest BCUT2D eigenvalue weighted by Crippen LogP contribution is -2.56. The highest BCUT2D eigenvalue weighted by molar-refractivity contribution is 7.66. The molecule has 6 atom stereocenters. The molecule has 2 aliphatic heterocycles. The molecule has 0 aromatic heterocycles. The van der Waals surface area contributed by atoms with E-state index < -0.39 is 60.6 Å². The average molecular weight is 619 g/mol. The van der Waals surface area contributed by atoms with Crippen molar-refractivity contribution in [2.75, 3.05) is 19.8 Å². The molecular weight excluding hydrogens is 591 g/mol. The molecule has 220 valence electrons. The van der Waals surface area contributed by atoms with Gasteiger partial charge >= 0.3 is 29.5 Å². The summed E-state index contributed by atoms with van der Waals surface area (Å²) in [5.74, 6) is 0.230. The quantitative estimate of drug-likeness (QED) is 0.0880. The Bertz CT molecular complexity index is 1160. The van der Waals surface area contributed by atoms with Crippen molar-refractivity contribution >= 4 is 35.3 Å². The molecule has 0 radical (unpaired) electrons. The lowest BCUT2D eigenvalue weighted by Gasteiger charge is -2.33. The Kier molecular flexibility index (Phi) is 10.8. The Morgan fingerprint density at radius 3 is 2.36 bits per heavy atom. The van der Waals surface area contributed by atoms with Crippen LogP contribution in [0, 0.1) is 0 Å². The number of ether oxygens (including phenoxy) is 1. The lowest BCUT2D eigenvalue weighted by molar-refractivity contribution is -0.0786. The summed E-state index contributed by atoms with van der Waals surface area (Å²) >= 11 is 0. The second kappa shape index (κ2) is 13.3. The zero-order valence-electron chi connectivity index (χ0n) is 20.0. The van der Waals surface area contributed by atoms with Gasteiger partial charge in [-0.3, -0.25) is 14.7 Å². The van der Waals surface area contributed by atoms with Crippen molar-refractivity contribution < 1.29 is 71.0 Å². The molecule has 0 aliphatic carbocycles. The van der Waals surface area contributed by atoms with Crippen LogP contribution in [-0.2, 0) is 42.8 Å². The highest BCUT2D eigenvalue weighted by atomic mass is 31.3. The molecule has 1 aromatic rings. The number of aryl methyl sites for hydroxylation is 1. The van der Waals surface area contributed by atoms with Crippen LogP contribution in [0.4, 0.5) is 4.79 Å². The predicted molar refractivity (Wildman–Crippen MR) is 128 cm³/mol. The van der Waals surface area contributed by atoms with E-state index >= 15 is 0 Å². The van der Waals surface area contributed by atoms with Crippen LogP contribution in [0.3, 0.4) is 0 Å². The number of nitrogens with zero attached hydrogens (tertiary/aromatic N) is 2. The van der Waals surface area contributed by atoms with Crippen molar-refractivity contribution in [3.8, 4) is 0 Å².